The molecule has 2 N–H and O–H groups in total. The molecule has 0 spiro atoms. The molecule has 1 aliphatic rings. The van der Waals surface area contributed by atoms with Crippen LogP contribution in [0.5, 0.6) is 0 Å². The summed E-state index contributed by atoms with van der Waals surface area (Å²) in [6, 6.07) is 15.4. The number of carbonyl (C=O) groups excluding carboxylic acids is 2. The van der Waals surface area contributed by atoms with Gasteiger partial charge in [-0.3, -0.25) is 9.59 Å². The highest BCUT2D eigenvalue weighted by Crippen LogP contribution is 2.25. The number of rotatable bonds is 6. The van der Waals surface area contributed by atoms with E-state index in [2.05, 4.69) is 29.5 Å². The van der Waals surface area contributed by atoms with Gasteiger partial charge in [0.15, 0.2) is 0 Å². The number of hydrogen-bond acceptors (Lipinski definition) is 5. The van der Waals surface area contributed by atoms with E-state index in [0.717, 1.165) is 16.8 Å². The first-order valence-corrected chi connectivity index (χ1v) is 9.47. The highest BCUT2D eigenvalue weighted by Gasteiger charge is 2.34. The van der Waals surface area contributed by atoms with Gasteiger partial charge in [0.05, 0.1) is 18.3 Å². The summed E-state index contributed by atoms with van der Waals surface area (Å²) in [6.45, 7) is 2.06. The second kappa shape index (κ2) is 9.34. The lowest BCUT2D eigenvalue weighted by Crippen LogP contribution is -2.43. The lowest BCUT2D eigenvalue weighted by Gasteiger charge is -2.24. The summed E-state index contributed by atoms with van der Waals surface area (Å²) in [4.78, 5) is 31.0. The zero-order chi connectivity index (χ0) is 20.8. The van der Waals surface area contributed by atoms with Gasteiger partial charge in [-0.15, -0.1) is 0 Å². The van der Waals surface area contributed by atoms with Gasteiger partial charge in [-0.1, -0.05) is 41.6 Å². The monoisotopic (exact) mass is 395 g/mol. The summed E-state index contributed by atoms with van der Waals surface area (Å²) in [5.41, 5.74) is 4.66. The molecule has 1 saturated heterocycles. The van der Waals surface area contributed by atoms with E-state index in [4.69, 9.17) is 9.94 Å². The number of amides is 2. The van der Waals surface area contributed by atoms with Crippen LogP contribution in [-0.4, -0.2) is 60.4 Å². The lowest BCUT2D eigenvalue weighted by molar-refractivity contribution is -0.124. The molecular weight excluding hydrogens is 370 g/mol. The molecule has 0 bridgehead atoms. The molecule has 0 aromatic heterocycles. The van der Waals surface area contributed by atoms with E-state index in [1.807, 2.05) is 36.4 Å². The molecule has 29 heavy (non-hydrogen) atoms. The van der Waals surface area contributed by atoms with Crippen molar-refractivity contribution in [3.8, 4) is 11.1 Å². The van der Waals surface area contributed by atoms with Crippen LogP contribution in [0.3, 0.4) is 0 Å². The summed E-state index contributed by atoms with van der Waals surface area (Å²) >= 11 is 0. The van der Waals surface area contributed by atoms with Gasteiger partial charge in [-0.05, 0) is 35.7 Å². The molecule has 7 heteroatoms. The maximum absolute atomic E-state index is 13.1. The van der Waals surface area contributed by atoms with Gasteiger partial charge >= 0.3 is 0 Å². The third-order valence-corrected chi connectivity index (χ3v) is 5.01. The van der Waals surface area contributed by atoms with Gasteiger partial charge in [-0.2, -0.15) is 0 Å². The number of nitrogens with zero attached hydrogens (tertiary/aromatic N) is 2. The predicted octanol–water partition coefficient (Wildman–Crippen LogP) is 1.99. The van der Waals surface area contributed by atoms with Gasteiger partial charge in [0, 0.05) is 18.5 Å². The third-order valence-electron chi connectivity index (χ3n) is 5.01. The molecule has 2 aromatic rings. The largest absolute Gasteiger partial charge is 0.399 e. The SMILES string of the molecule is CON=C1CC(CNC(=O)CO)N(C(=O)c2ccc(-c3ccccc3C)cc2)C1. The minimum Gasteiger partial charge on any atom is -0.399 e. The fourth-order valence-electron chi connectivity index (χ4n) is 3.53. The predicted molar refractivity (Wildman–Crippen MR) is 111 cm³/mol. The molecule has 3 rings (SSSR count). The fourth-order valence-corrected chi connectivity index (χ4v) is 3.53. The molecular formula is C22H25N3O4. The summed E-state index contributed by atoms with van der Waals surface area (Å²) < 4.78 is 0. The first kappa shape index (κ1) is 20.5. The first-order chi connectivity index (χ1) is 14.0. The van der Waals surface area contributed by atoms with Crippen molar-refractivity contribution in [1.82, 2.24) is 10.2 Å². The molecule has 1 heterocycles. The minimum absolute atomic E-state index is 0.133. The molecule has 0 saturated carbocycles. The van der Waals surface area contributed by atoms with Crippen molar-refractivity contribution in [1.29, 1.82) is 0 Å². The van der Waals surface area contributed by atoms with E-state index in [1.165, 1.54) is 12.7 Å². The summed E-state index contributed by atoms with van der Waals surface area (Å²) in [6.07, 6.45) is 0.507. The van der Waals surface area contributed by atoms with Gasteiger partial charge in [-0.25, -0.2) is 0 Å². The summed E-state index contributed by atoms with van der Waals surface area (Å²) in [7, 11) is 1.46. The number of hydrogen-bond donors (Lipinski definition) is 2. The van der Waals surface area contributed by atoms with Crippen molar-refractivity contribution in [2.75, 3.05) is 26.8 Å². The van der Waals surface area contributed by atoms with Crippen LogP contribution in [-0.2, 0) is 9.63 Å². The van der Waals surface area contributed by atoms with Crippen LogP contribution in [0.25, 0.3) is 11.1 Å². The van der Waals surface area contributed by atoms with Crippen LogP contribution in [0, 0.1) is 6.92 Å². The molecule has 1 fully saturated rings. The number of oxime groups is 1. The Morgan fingerprint density at radius 2 is 1.93 bits per heavy atom. The molecule has 2 aromatic carbocycles. The smallest absolute Gasteiger partial charge is 0.254 e. The Labute approximate surface area is 170 Å². The van der Waals surface area contributed by atoms with Crippen LogP contribution >= 0.6 is 0 Å². The molecule has 1 aliphatic heterocycles. The highest BCUT2D eigenvalue weighted by molar-refractivity contribution is 6.00. The van der Waals surface area contributed by atoms with Crippen molar-refractivity contribution < 1.29 is 19.5 Å². The van der Waals surface area contributed by atoms with Crippen molar-refractivity contribution in [3.63, 3.8) is 0 Å². The summed E-state index contributed by atoms with van der Waals surface area (Å²) in [5.74, 6) is -0.608. The highest BCUT2D eigenvalue weighted by atomic mass is 16.6. The maximum Gasteiger partial charge on any atom is 0.254 e. The molecule has 152 valence electrons. The quantitative estimate of drug-likeness (QED) is 0.732. The van der Waals surface area contributed by atoms with Crippen molar-refractivity contribution in [2.24, 2.45) is 5.16 Å². The molecule has 1 unspecified atom stereocenters. The molecule has 0 radical (unpaired) electrons. The Morgan fingerprint density at radius 1 is 1.21 bits per heavy atom. The standard InChI is InChI=1S/C22H25N3O4/c1-15-5-3-4-6-20(15)16-7-9-17(10-8-16)22(28)25-13-18(24-29-2)11-19(25)12-23-21(27)14-26/h3-10,19,26H,11-14H2,1-2H3,(H,23,27). The van der Waals surface area contributed by atoms with Gasteiger partial charge in [0.2, 0.25) is 5.91 Å². The molecule has 1 atom stereocenters. The Balaban J connectivity index is 1.78. The Bertz CT molecular complexity index is 909. The van der Waals surface area contributed by atoms with Crippen molar-refractivity contribution in [3.05, 3.63) is 59.7 Å². The fraction of sp³-hybridized carbons (Fsp3) is 0.318. The molecule has 2 amide bonds. The average Bonchev–Trinajstić information content (AvgIpc) is 3.15. The Hall–Kier alpha value is -3.19. The minimum atomic E-state index is -0.583. The van der Waals surface area contributed by atoms with E-state index in [9.17, 15) is 9.59 Å². The Kier molecular flexibility index (Phi) is 6.61. The first-order valence-electron chi connectivity index (χ1n) is 9.47. The molecule has 7 nitrogen and oxygen atoms in total. The van der Waals surface area contributed by atoms with E-state index in [1.54, 1.807) is 4.90 Å². The van der Waals surface area contributed by atoms with E-state index in [0.29, 0.717) is 18.5 Å². The van der Waals surface area contributed by atoms with E-state index >= 15 is 0 Å². The van der Waals surface area contributed by atoms with Gasteiger partial charge < -0.3 is 20.2 Å². The zero-order valence-corrected chi connectivity index (χ0v) is 16.6. The van der Waals surface area contributed by atoms with Gasteiger partial charge in [0.25, 0.3) is 5.91 Å². The van der Waals surface area contributed by atoms with Crippen LogP contribution in [0.4, 0.5) is 0 Å². The van der Waals surface area contributed by atoms with Crippen molar-refractivity contribution in [2.45, 2.75) is 19.4 Å². The third kappa shape index (κ3) is 4.81. The number of benzene rings is 2. The van der Waals surface area contributed by atoms with Crippen molar-refractivity contribution >= 4 is 17.5 Å². The number of likely N-dealkylation sites (tertiary alicyclic amines) is 1. The van der Waals surface area contributed by atoms with E-state index < -0.39 is 12.5 Å². The number of nitrogens with one attached hydrogen (secondary N) is 1. The lowest BCUT2D eigenvalue weighted by atomic mass is 9.99. The average molecular weight is 395 g/mol. The number of aliphatic hydroxyl groups excluding tert-OH is 1. The maximum atomic E-state index is 13.1. The number of aliphatic hydroxyl groups is 1. The van der Waals surface area contributed by atoms with Crippen LogP contribution in [0.1, 0.15) is 22.3 Å². The normalized spacial score (nSPS) is 17.4. The van der Waals surface area contributed by atoms with Gasteiger partial charge in [0.1, 0.15) is 13.7 Å². The second-order valence-corrected chi connectivity index (χ2v) is 6.99. The number of carbonyl (C=O) groups is 2. The van der Waals surface area contributed by atoms with Crippen LogP contribution < -0.4 is 5.32 Å². The number of aryl methyl sites for hydroxylation is 1. The van der Waals surface area contributed by atoms with E-state index in [-0.39, 0.29) is 18.5 Å². The second-order valence-electron chi connectivity index (χ2n) is 6.99. The summed E-state index contributed by atoms with van der Waals surface area (Å²) in [5, 5.41) is 15.5. The van der Waals surface area contributed by atoms with Crippen LogP contribution in [0.15, 0.2) is 53.7 Å². The topological polar surface area (TPSA) is 91.2 Å². The zero-order valence-electron chi connectivity index (χ0n) is 16.6. The molecule has 0 aliphatic carbocycles. The van der Waals surface area contributed by atoms with Crippen LogP contribution in [0.2, 0.25) is 0 Å². The Morgan fingerprint density at radius 3 is 2.59 bits per heavy atom.